The number of nitrogens with one attached hydrogen (secondary N) is 1. The molecule has 0 aliphatic rings. The summed E-state index contributed by atoms with van der Waals surface area (Å²) in [5.41, 5.74) is 2.74. The number of furan rings is 1. The number of non-ortho nitro benzene ring substituents is 1. The van der Waals surface area contributed by atoms with Gasteiger partial charge in [-0.15, -0.1) is 0 Å². The number of rotatable bonds is 4. The van der Waals surface area contributed by atoms with Gasteiger partial charge < -0.3 is 9.52 Å². The molecule has 0 saturated carbocycles. The first-order valence-corrected chi connectivity index (χ1v) is 8.92. The van der Waals surface area contributed by atoms with E-state index in [0.29, 0.717) is 5.58 Å². The highest BCUT2D eigenvalue weighted by Crippen LogP contribution is 2.28. The SMILES string of the molecule is O=C(N/N=C\c1cc([N+](=O)[O-])ccc1O)c1cc2cc(Br)cc(I)c2o1. The minimum Gasteiger partial charge on any atom is -0.507 e. The summed E-state index contributed by atoms with van der Waals surface area (Å²) in [5.74, 6) is -0.720. The Balaban J connectivity index is 1.79. The first-order chi connectivity index (χ1) is 12.3. The van der Waals surface area contributed by atoms with Crippen LogP contribution in [0.3, 0.4) is 0 Å². The van der Waals surface area contributed by atoms with Gasteiger partial charge in [0.2, 0.25) is 0 Å². The fraction of sp³-hybridized carbons (Fsp3) is 0. The van der Waals surface area contributed by atoms with Crippen LogP contribution in [0.1, 0.15) is 16.1 Å². The van der Waals surface area contributed by atoms with E-state index in [1.54, 1.807) is 6.07 Å². The number of phenols is 1. The largest absolute Gasteiger partial charge is 0.507 e. The zero-order valence-electron chi connectivity index (χ0n) is 12.8. The number of phenolic OH excluding ortho intramolecular Hbond substituents is 1. The molecule has 132 valence electrons. The van der Waals surface area contributed by atoms with Crippen molar-refractivity contribution in [2.24, 2.45) is 5.10 Å². The highest BCUT2D eigenvalue weighted by Gasteiger charge is 2.14. The fourth-order valence-electron chi connectivity index (χ4n) is 2.16. The molecule has 1 heterocycles. The fourth-order valence-corrected chi connectivity index (χ4v) is 3.82. The van der Waals surface area contributed by atoms with Crippen molar-refractivity contribution >= 4 is 67.3 Å². The van der Waals surface area contributed by atoms with Gasteiger partial charge in [-0.25, -0.2) is 5.43 Å². The van der Waals surface area contributed by atoms with Gasteiger partial charge in [0.25, 0.3) is 5.69 Å². The molecule has 0 fully saturated rings. The van der Waals surface area contributed by atoms with Crippen LogP contribution in [0.15, 0.2) is 50.4 Å². The van der Waals surface area contributed by atoms with E-state index in [0.717, 1.165) is 25.7 Å². The Kier molecular flexibility index (Phi) is 5.23. The Hall–Kier alpha value is -2.47. The number of nitro benzene ring substituents is 1. The monoisotopic (exact) mass is 529 g/mol. The van der Waals surface area contributed by atoms with Crippen molar-refractivity contribution in [2.75, 3.05) is 0 Å². The molecule has 2 N–H and O–H groups in total. The molecule has 0 aliphatic carbocycles. The predicted octanol–water partition coefficient (Wildman–Crippen LogP) is 4.18. The lowest BCUT2D eigenvalue weighted by Crippen LogP contribution is -2.16. The summed E-state index contributed by atoms with van der Waals surface area (Å²) in [7, 11) is 0. The minimum absolute atomic E-state index is 0.0661. The van der Waals surface area contributed by atoms with Crippen LogP contribution in [0.2, 0.25) is 0 Å². The summed E-state index contributed by atoms with van der Waals surface area (Å²) in [6.07, 6.45) is 1.11. The number of halogens is 2. The van der Waals surface area contributed by atoms with E-state index in [1.165, 1.54) is 12.1 Å². The van der Waals surface area contributed by atoms with Gasteiger partial charge in [-0.3, -0.25) is 14.9 Å². The van der Waals surface area contributed by atoms with Gasteiger partial charge in [0.15, 0.2) is 5.76 Å². The van der Waals surface area contributed by atoms with Crippen LogP contribution >= 0.6 is 38.5 Å². The molecule has 0 radical (unpaired) electrons. The Bertz CT molecular complexity index is 1060. The van der Waals surface area contributed by atoms with E-state index in [4.69, 9.17) is 4.42 Å². The van der Waals surface area contributed by atoms with Crippen molar-refractivity contribution < 1.29 is 19.2 Å². The number of hydrazone groups is 1. The van der Waals surface area contributed by atoms with Crippen molar-refractivity contribution in [3.8, 4) is 5.75 Å². The van der Waals surface area contributed by atoms with Crippen LogP contribution in [0.25, 0.3) is 11.0 Å². The Morgan fingerprint density at radius 1 is 1.35 bits per heavy atom. The van der Waals surface area contributed by atoms with Crippen molar-refractivity contribution in [1.29, 1.82) is 0 Å². The summed E-state index contributed by atoms with van der Waals surface area (Å²) in [4.78, 5) is 22.3. The number of carbonyl (C=O) groups excluding carboxylic acids is 1. The van der Waals surface area contributed by atoms with E-state index >= 15 is 0 Å². The maximum atomic E-state index is 12.2. The minimum atomic E-state index is -0.594. The maximum Gasteiger partial charge on any atom is 0.307 e. The highest BCUT2D eigenvalue weighted by atomic mass is 127. The number of benzene rings is 2. The van der Waals surface area contributed by atoms with Gasteiger partial charge in [0.05, 0.1) is 14.7 Å². The summed E-state index contributed by atoms with van der Waals surface area (Å²) in [5, 5.41) is 24.9. The van der Waals surface area contributed by atoms with Crippen molar-refractivity contribution in [1.82, 2.24) is 5.43 Å². The second-order valence-electron chi connectivity index (χ2n) is 5.12. The second-order valence-corrected chi connectivity index (χ2v) is 7.19. The third-order valence-electron chi connectivity index (χ3n) is 3.35. The molecule has 0 atom stereocenters. The first kappa shape index (κ1) is 18.3. The molecule has 0 bridgehead atoms. The Morgan fingerprint density at radius 2 is 2.12 bits per heavy atom. The molecule has 1 aromatic heterocycles. The summed E-state index contributed by atoms with van der Waals surface area (Å²) >= 11 is 5.48. The molecule has 8 nitrogen and oxygen atoms in total. The zero-order valence-corrected chi connectivity index (χ0v) is 16.5. The predicted molar refractivity (Wildman–Crippen MR) is 106 cm³/mol. The number of amides is 1. The normalized spacial score (nSPS) is 11.2. The van der Waals surface area contributed by atoms with Gasteiger partial charge in [0.1, 0.15) is 11.3 Å². The number of nitrogens with zero attached hydrogens (tertiary/aromatic N) is 2. The number of hydrogen-bond donors (Lipinski definition) is 2. The van der Waals surface area contributed by atoms with Crippen LogP contribution in [0, 0.1) is 13.7 Å². The molecule has 0 unspecified atom stereocenters. The molecular formula is C16H9BrIN3O5. The van der Waals surface area contributed by atoms with E-state index in [2.05, 4.69) is 49.0 Å². The third kappa shape index (κ3) is 3.85. The van der Waals surface area contributed by atoms with Gasteiger partial charge in [0, 0.05) is 27.6 Å². The molecule has 0 saturated heterocycles. The standard InChI is InChI=1S/C16H9BrIN3O5/c17-10-3-8-5-14(26-15(8)12(18)6-10)16(23)20-19-7-9-4-11(21(24)25)1-2-13(9)22/h1-7,22H,(H,20,23)/b19-7-. The van der Waals surface area contributed by atoms with Crippen LogP contribution in [-0.4, -0.2) is 22.2 Å². The van der Waals surface area contributed by atoms with Gasteiger partial charge in [-0.05, 0) is 46.9 Å². The Labute approximate surface area is 168 Å². The molecule has 2 aromatic carbocycles. The van der Waals surface area contributed by atoms with E-state index in [1.807, 2.05) is 12.1 Å². The lowest BCUT2D eigenvalue weighted by molar-refractivity contribution is -0.384. The molecule has 3 aromatic rings. The summed E-state index contributed by atoms with van der Waals surface area (Å²) in [6, 6.07) is 8.75. The molecule has 0 spiro atoms. The Morgan fingerprint density at radius 3 is 2.85 bits per heavy atom. The number of hydrogen-bond acceptors (Lipinski definition) is 6. The maximum absolute atomic E-state index is 12.2. The number of carbonyl (C=O) groups is 1. The van der Waals surface area contributed by atoms with E-state index in [9.17, 15) is 20.0 Å². The van der Waals surface area contributed by atoms with Gasteiger partial charge >= 0.3 is 5.91 Å². The number of aromatic hydroxyl groups is 1. The smallest absolute Gasteiger partial charge is 0.307 e. The molecule has 1 amide bonds. The topological polar surface area (TPSA) is 118 Å². The van der Waals surface area contributed by atoms with Crippen LogP contribution in [0.5, 0.6) is 5.75 Å². The highest BCUT2D eigenvalue weighted by molar-refractivity contribution is 14.1. The van der Waals surface area contributed by atoms with Crippen molar-refractivity contribution in [3.63, 3.8) is 0 Å². The number of nitro groups is 1. The zero-order chi connectivity index (χ0) is 18.8. The second kappa shape index (κ2) is 7.41. The first-order valence-electron chi connectivity index (χ1n) is 7.04. The van der Waals surface area contributed by atoms with E-state index in [-0.39, 0.29) is 22.8 Å². The molecule has 3 rings (SSSR count). The molecule has 26 heavy (non-hydrogen) atoms. The lowest BCUT2D eigenvalue weighted by atomic mass is 10.2. The average Bonchev–Trinajstić information content (AvgIpc) is 3.00. The van der Waals surface area contributed by atoms with E-state index < -0.39 is 10.8 Å². The van der Waals surface area contributed by atoms with Crippen LogP contribution in [0.4, 0.5) is 5.69 Å². The van der Waals surface area contributed by atoms with Crippen molar-refractivity contribution in [3.05, 3.63) is 65.9 Å². The summed E-state index contributed by atoms with van der Waals surface area (Å²) < 4.78 is 7.25. The summed E-state index contributed by atoms with van der Waals surface area (Å²) in [6.45, 7) is 0. The van der Waals surface area contributed by atoms with Crippen molar-refractivity contribution in [2.45, 2.75) is 0 Å². The molecular weight excluding hydrogens is 521 g/mol. The van der Waals surface area contributed by atoms with Crippen LogP contribution in [-0.2, 0) is 0 Å². The van der Waals surface area contributed by atoms with Gasteiger partial charge in [-0.1, -0.05) is 15.9 Å². The molecule has 10 heteroatoms. The van der Waals surface area contributed by atoms with Gasteiger partial charge in [-0.2, -0.15) is 5.10 Å². The number of fused-ring (bicyclic) bond motifs is 1. The lowest BCUT2D eigenvalue weighted by Gasteiger charge is -1.99. The average molecular weight is 530 g/mol. The molecule has 0 aliphatic heterocycles. The third-order valence-corrected chi connectivity index (χ3v) is 4.61. The quantitative estimate of drug-likeness (QED) is 0.227. The van der Waals surface area contributed by atoms with Crippen LogP contribution < -0.4 is 5.43 Å².